The average Bonchev–Trinajstić information content (AvgIpc) is 3.33. The molecule has 0 heterocycles. The molecule has 0 unspecified atom stereocenters. The van der Waals surface area contributed by atoms with E-state index in [9.17, 15) is 0 Å². The summed E-state index contributed by atoms with van der Waals surface area (Å²) in [6.07, 6.45) is 8.57. The van der Waals surface area contributed by atoms with E-state index in [1.54, 1.807) is 0 Å². The molecule has 3 aromatic rings. The number of benzene rings is 3. The molecule has 1 aliphatic carbocycles. The number of allylic oxidation sites excluding steroid dienone is 3. The van der Waals surface area contributed by atoms with Gasteiger partial charge in [-0.1, -0.05) is 115 Å². The van der Waals surface area contributed by atoms with Gasteiger partial charge in [0.1, 0.15) is 0 Å². The first kappa shape index (κ1) is 20.8. The zero-order chi connectivity index (χ0) is 20.4. The summed E-state index contributed by atoms with van der Waals surface area (Å²) >= 11 is 0. The Labute approximate surface area is 181 Å². The van der Waals surface area contributed by atoms with Crippen molar-refractivity contribution in [2.45, 2.75) is 18.9 Å². The minimum Gasteiger partial charge on any atom is -0.348 e. The molecule has 0 saturated carbocycles. The summed E-state index contributed by atoms with van der Waals surface area (Å²) < 4.78 is 6.63. The summed E-state index contributed by atoms with van der Waals surface area (Å²) in [5, 5.41) is 6.25. The van der Waals surface area contributed by atoms with Crippen LogP contribution in [0.15, 0.2) is 115 Å². The van der Waals surface area contributed by atoms with E-state index in [-0.39, 0.29) is 6.04 Å². The second-order valence-electron chi connectivity index (χ2n) is 7.49. The van der Waals surface area contributed by atoms with Gasteiger partial charge in [-0.25, -0.2) is 0 Å². The van der Waals surface area contributed by atoms with E-state index in [2.05, 4.69) is 115 Å². The van der Waals surface area contributed by atoms with Crippen LogP contribution < -0.4 is 15.9 Å². The van der Waals surface area contributed by atoms with Crippen molar-refractivity contribution in [2.75, 3.05) is 13.2 Å². The van der Waals surface area contributed by atoms with Crippen LogP contribution in [0.4, 0.5) is 0 Å². The Morgan fingerprint density at radius 2 is 1.40 bits per heavy atom. The summed E-state index contributed by atoms with van der Waals surface area (Å²) in [5.74, 6) is 0. The summed E-state index contributed by atoms with van der Waals surface area (Å²) in [6.45, 7) is 1.58. The van der Waals surface area contributed by atoms with Crippen LogP contribution in [0.1, 0.15) is 12.0 Å². The number of hydrogen-bond acceptors (Lipinski definition) is 2. The fourth-order valence-corrected chi connectivity index (χ4v) is 5.39. The Morgan fingerprint density at radius 3 is 1.97 bits per heavy atom. The van der Waals surface area contributed by atoms with Gasteiger partial charge < -0.3 is 9.84 Å². The number of rotatable bonds is 10. The van der Waals surface area contributed by atoms with Crippen molar-refractivity contribution in [2.24, 2.45) is 0 Å². The molecular formula is C27H28NOP. The standard InChI is InChI=1S/C27H28NOP/c1-4-12-23(13-5-1)20-25(28-21-24-14-10-11-15-24)22-29-30(26-16-6-2-7-17-26)27-18-8-3-9-19-27/h1-14,16-19,25,28H,15,20-22H2/t25-/m0/s1. The van der Waals surface area contributed by atoms with E-state index in [0.29, 0.717) is 6.61 Å². The maximum Gasteiger partial charge on any atom is 0.0918 e. The smallest absolute Gasteiger partial charge is 0.0918 e. The van der Waals surface area contributed by atoms with Crippen LogP contribution in [-0.4, -0.2) is 19.2 Å². The van der Waals surface area contributed by atoms with Crippen molar-refractivity contribution >= 4 is 18.8 Å². The third-order valence-electron chi connectivity index (χ3n) is 5.18. The molecule has 0 spiro atoms. The van der Waals surface area contributed by atoms with Gasteiger partial charge in [-0.2, -0.15) is 0 Å². The summed E-state index contributed by atoms with van der Waals surface area (Å²) in [7, 11) is -0.846. The van der Waals surface area contributed by atoms with Gasteiger partial charge in [0.2, 0.25) is 0 Å². The van der Waals surface area contributed by atoms with Gasteiger partial charge >= 0.3 is 0 Å². The number of hydrogen-bond donors (Lipinski definition) is 1. The molecule has 0 saturated heterocycles. The lowest BCUT2D eigenvalue weighted by molar-refractivity contribution is 0.296. The SMILES string of the molecule is C1=CCC(CN[C@H](COP(c2ccccc2)c2ccccc2)Cc2ccccc2)=C1. The molecule has 3 aromatic carbocycles. The van der Waals surface area contributed by atoms with Crippen LogP contribution in [0.25, 0.3) is 0 Å². The third kappa shape index (κ3) is 6.00. The largest absolute Gasteiger partial charge is 0.348 e. The van der Waals surface area contributed by atoms with Crippen LogP contribution in [0.5, 0.6) is 0 Å². The Balaban J connectivity index is 1.48. The van der Waals surface area contributed by atoms with Gasteiger partial charge in [-0.3, -0.25) is 0 Å². The van der Waals surface area contributed by atoms with Crippen LogP contribution in [-0.2, 0) is 10.9 Å². The lowest BCUT2D eigenvalue weighted by atomic mass is 10.1. The van der Waals surface area contributed by atoms with E-state index in [1.807, 2.05) is 0 Å². The molecular weight excluding hydrogens is 385 g/mol. The first-order valence-corrected chi connectivity index (χ1v) is 11.8. The van der Waals surface area contributed by atoms with Crippen molar-refractivity contribution < 1.29 is 4.52 Å². The van der Waals surface area contributed by atoms with Crippen molar-refractivity contribution in [3.05, 3.63) is 120 Å². The van der Waals surface area contributed by atoms with E-state index < -0.39 is 8.15 Å². The second-order valence-corrected chi connectivity index (χ2v) is 9.37. The molecule has 152 valence electrons. The van der Waals surface area contributed by atoms with E-state index in [0.717, 1.165) is 19.4 Å². The minimum atomic E-state index is -0.846. The fourth-order valence-electron chi connectivity index (χ4n) is 3.58. The highest BCUT2D eigenvalue weighted by molar-refractivity contribution is 7.68. The first-order chi connectivity index (χ1) is 14.9. The molecule has 4 rings (SSSR count). The summed E-state index contributed by atoms with van der Waals surface area (Å²) in [6, 6.07) is 32.1. The lowest BCUT2D eigenvalue weighted by Gasteiger charge is -2.24. The molecule has 0 aliphatic heterocycles. The topological polar surface area (TPSA) is 21.3 Å². The van der Waals surface area contributed by atoms with E-state index in [1.165, 1.54) is 21.7 Å². The maximum atomic E-state index is 6.63. The van der Waals surface area contributed by atoms with Crippen molar-refractivity contribution in [1.82, 2.24) is 5.32 Å². The quantitative estimate of drug-likeness (QED) is 0.465. The zero-order valence-electron chi connectivity index (χ0n) is 17.2. The first-order valence-electron chi connectivity index (χ1n) is 10.5. The van der Waals surface area contributed by atoms with E-state index in [4.69, 9.17) is 4.52 Å². The van der Waals surface area contributed by atoms with Crippen molar-refractivity contribution in [3.63, 3.8) is 0 Å². The third-order valence-corrected chi connectivity index (χ3v) is 7.12. The van der Waals surface area contributed by atoms with Crippen LogP contribution >= 0.6 is 8.15 Å². The highest BCUT2D eigenvalue weighted by Gasteiger charge is 2.18. The molecule has 0 aromatic heterocycles. The Kier molecular flexibility index (Phi) is 7.63. The van der Waals surface area contributed by atoms with Gasteiger partial charge in [0.15, 0.2) is 0 Å². The van der Waals surface area contributed by atoms with Gasteiger partial charge in [-0.05, 0) is 18.4 Å². The van der Waals surface area contributed by atoms with Gasteiger partial charge in [0, 0.05) is 23.2 Å². The van der Waals surface area contributed by atoms with Crippen molar-refractivity contribution in [3.8, 4) is 0 Å². The van der Waals surface area contributed by atoms with Crippen LogP contribution in [0, 0.1) is 0 Å². The summed E-state index contributed by atoms with van der Waals surface area (Å²) in [4.78, 5) is 0. The average molecular weight is 414 g/mol. The van der Waals surface area contributed by atoms with Crippen LogP contribution in [0.3, 0.4) is 0 Å². The molecule has 3 heteroatoms. The highest BCUT2D eigenvalue weighted by atomic mass is 31.1. The number of nitrogens with one attached hydrogen (secondary N) is 1. The molecule has 0 radical (unpaired) electrons. The monoisotopic (exact) mass is 413 g/mol. The van der Waals surface area contributed by atoms with Gasteiger partial charge in [0.25, 0.3) is 0 Å². The zero-order valence-corrected chi connectivity index (χ0v) is 18.0. The molecule has 2 nitrogen and oxygen atoms in total. The predicted octanol–water partition coefficient (Wildman–Crippen LogP) is 5.14. The minimum absolute atomic E-state index is 0.256. The van der Waals surface area contributed by atoms with Crippen molar-refractivity contribution in [1.29, 1.82) is 0 Å². The lowest BCUT2D eigenvalue weighted by Crippen LogP contribution is -2.37. The summed E-state index contributed by atoms with van der Waals surface area (Å²) in [5.41, 5.74) is 2.77. The molecule has 1 atom stereocenters. The molecule has 0 amide bonds. The Morgan fingerprint density at radius 1 is 0.800 bits per heavy atom. The molecule has 0 bridgehead atoms. The second kappa shape index (κ2) is 11.0. The predicted molar refractivity (Wildman–Crippen MR) is 129 cm³/mol. The molecule has 0 fully saturated rings. The molecule has 1 N–H and O–H groups in total. The fraction of sp³-hybridized carbons (Fsp3) is 0.185. The van der Waals surface area contributed by atoms with Crippen LogP contribution in [0.2, 0.25) is 0 Å². The maximum absolute atomic E-state index is 6.63. The Bertz CT molecular complexity index is 914. The normalized spacial score (nSPS) is 14.1. The highest BCUT2D eigenvalue weighted by Crippen LogP contribution is 2.35. The van der Waals surface area contributed by atoms with Gasteiger partial charge in [-0.15, -0.1) is 0 Å². The van der Waals surface area contributed by atoms with Gasteiger partial charge in [0.05, 0.1) is 14.8 Å². The molecule has 1 aliphatic rings. The molecule has 30 heavy (non-hydrogen) atoms. The Hall–Kier alpha value is -2.51. The van der Waals surface area contributed by atoms with E-state index >= 15 is 0 Å².